The van der Waals surface area contributed by atoms with E-state index in [9.17, 15) is 9.59 Å². The Labute approximate surface area is 196 Å². The van der Waals surface area contributed by atoms with Crippen molar-refractivity contribution in [2.45, 2.75) is 46.1 Å². The zero-order valence-corrected chi connectivity index (χ0v) is 19.4. The second-order valence-electron chi connectivity index (χ2n) is 8.01. The van der Waals surface area contributed by atoms with Gasteiger partial charge in [-0.25, -0.2) is 0 Å². The van der Waals surface area contributed by atoms with Gasteiger partial charge in [0, 0.05) is 26.3 Å². The van der Waals surface area contributed by atoms with Gasteiger partial charge >= 0.3 is 0 Å². The van der Waals surface area contributed by atoms with Crippen molar-refractivity contribution in [3.05, 3.63) is 72.8 Å². The van der Waals surface area contributed by atoms with E-state index in [2.05, 4.69) is 24.4 Å². The van der Waals surface area contributed by atoms with E-state index in [0.29, 0.717) is 0 Å². The SMILES string of the molecule is CCC(Sc1ccc(NC(=O)C2CC2)cc1)C(=O)N1c2ccccc2Sc2ccccc21. The molecular weight excluding hydrogens is 436 g/mol. The van der Waals surface area contributed by atoms with Crippen molar-refractivity contribution in [3.63, 3.8) is 0 Å². The van der Waals surface area contributed by atoms with E-state index in [4.69, 9.17) is 0 Å². The number of carbonyl (C=O) groups excluding carboxylic acids is 2. The topological polar surface area (TPSA) is 49.4 Å². The number of hydrogen-bond donors (Lipinski definition) is 1. The molecule has 0 radical (unpaired) electrons. The van der Waals surface area contributed by atoms with Crippen molar-refractivity contribution < 1.29 is 9.59 Å². The molecule has 5 rings (SSSR count). The number of nitrogens with zero attached hydrogens (tertiary/aromatic N) is 1. The van der Waals surface area contributed by atoms with Gasteiger partial charge in [0.15, 0.2) is 0 Å². The molecule has 6 heteroatoms. The van der Waals surface area contributed by atoms with Crippen LogP contribution < -0.4 is 10.2 Å². The summed E-state index contributed by atoms with van der Waals surface area (Å²) in [4.78, 5) is 30.9. The molecule has 0 saturated heterocycles. The maximum Gasteiger partial charge on any atom is 0.245 e. The maximum atomic E-state index is 13.8. The maximum absolute atomic E-state index is 13.8. The zero-order valence-electron chi connectivity index (χ0n) is 17.8. The van der Waals surface area contributed by atoms with Crippen LogP contribution in [-0.4, -0.2) is 17.1 Å². The fourth-order valence-electron chi connectivity index (χ4n) is 3.77. The van der Waals surface area contributed by atoms with E-state index in [1.807, 2.05) is 65.6 Å². The largest absolute Gasteiger partial charge is 0.326 e. The number of nitrogens with one attached hydrogen (secondary N) is 1. The van der Waals surface area contributed by atoms with Crippen LogP contribution in [0.2, 0.25) is 0 Å². The summed E-state index contributed by atoms with van der Waals surface area (Å²) in [6.07, 6.45) is 2.69. The number of rotatable bonds is 6. The summed E-state index contributed by atoms with van der Waals surface area (Å²) in [5, 5.41) is 2.75. The fraction of sp³-hybridized carbons (Fsp3) is 0.231. The van der Waals surface area contributed by atoms with Crippen LogP contribution in [0.1, 0.15) is 26.2 Å². The third-order valence-electron chi connectivity index (χ3n) is 5.65. The molecule has 3 aromatic carbocycles. The molecule has 0 spiro atoms. The van der Waals surface area contributed by atoms with Crippen LogP contribution in [0.4, 0.5) is 17.1 Å². The summed E-state index contributed by atoms with van der Waals surface area (Å²) in [5.41, 5.74) is 2.69. The summed E-state index contributed by atoms with van der Waals surface area (Å²) >= 11 is 3.28. The van der Waals surface area contributed by atoms with Crippen molar-refractivity contribution in [2.75, 3.05) is 10.2 Å². The molecule has 1 unspecified atom stereocenters. The molecule has 1 fully saturated rings. The Morgan fingerprint density at radius 3 is 2.12 bits per heavy atom. The predicted octanol–water partition coefficient (Wildman–Crippen LogP) is 6.74. The van der Waals surface area contributed by atoms with Gasteiger partial charge in [-0.2, -0.15) is 0 Å². The first-order valence-electron chi connectivity index (χ1n) is 10.9. The Kier molecular flexibility index (Phi) is 5.98. The first kappa shape index (κ1) is 21.2. The molecule has 1 aliphatic carbocycles. The van der Waals surface area contributed by atoms with E-state index in [0.717, 1.165) is 51.0 Å². The Morgan fingerprint density at radius 2 is 1.56 bits per heavy atom. The van der Waals surface area contributed by atoms with Crippen LogP contribution in [0, 0.1) is 5.92 Å². The number of fused-ring (bicyclic) bond motifs is 2. The Bertz CT molecular complexity index is 1110. The average Bonchev–Trinajstić information content (AvgIpc) is 3.67. The van der Waals surface area contributed by atoms with E-state index in [1.54, 1.807) is 23.5 Å². The number of benzene rings is 3. The Hall–Kier alpha value is -2.70. The number of hydrogen-bond acceptors (Lipinski definition) is 4. The molecule has 3 aromatic rings. The van der Waals surface area contributed by atoms with Crippen LogP contribution in [-0.2, 0) is 9.59 Å². The first-order chi connectivity index (χ1) is 15.6. The van der Waals surface area contributed by atoms with Crippen LogP contribution in [0.25, 0.3) is 0 Å². The molecule has 1 atom stereocenters. The lowest BCUT2D eigenvalue weighted by Gasteiger charge is -2.33. The minimum absolute atomic E-state index is 0.0869. The van der Waals surface area contributed by atoms with Gasteiger partial charge in [0.1, 0.15) is 0 Å². The zero-order chi connectivity index (χ0) is 22.1. The fourth-order valence-corrected chi connectivity index (χ4v) is 5.82. The average molecular weight is 461 g/mol. The van der Waals surface area contributed by atoms with Gasteiger partial charge in [-0.05, 0) is 67.8 Å². The smallest absolute Gasteiger partial charge is 0.245 e. The molecule has 2 aliphatic rings. The summed E-state index contributed by atoms with van der Waals surface area (Å²) in [6.45, 7) is 2.05. The highest BCUT2D eigenvalue weighted by molar-refractivity contribution is 8.00. The van der Waals surface area contributed by atoms with Crippen molar-refractivity contribution >= 4 is 52.4 Å². The molecular formula is C26H24N2O2S2. The highest BCUT2D eigenvalue weighted by Gasteiger charge is 2.32. The lowest BCUT2D eigenvalue weighted by atomic mass is 10.2. The Balaban J connectivity index is 1.37. The van der Waals surface area contributed by atoms with E-state index in [-0.39, 0.29) is 23.0 Å². The molecule has 162 valence electrons. The second kappa shape index (κ2) is 9.04. The number of anilines is 3. The summed E-state index contributed by atoms with van der Waals surface area (Å²) in [7, 11) is 0. The summed E-state index contributed by atoms with van der Waals surface area (Å²) in [6, 6.07) is 24.0. The van der Waals surface area contributed by atoms with E-state index in [1.165, 1.54) is 0 Å². The van der Waals surface area contributed by atoms with Crippen LogP contribution in [0.15, 0.2) is 87.5 Å². The minimum atomic E-state index is -0.217. The third-order valence-corrected chi connectivity index (χ3v) is 8.14. The van der Waals surface area contributed by atoms with Gasteiger partial charge in [-0.3, -0.25) is 14.5 Å². The van der Waals surface area contributed by atoms with Gasteiger partial charge < -0.3 is 5.32 Å². The van der Waals surface area contributed by atoms with Crippen LogP contribution in [0.5, 0.6) is 0 Å². The predicted molar refractivity (Wildman–Crippen MR) is 132 cm³/mol. The molecule has 0 bridgehead atoms. The highest BCUT2D eigenvalue weighted by Crippen LogP contribution is 2.48. The van der Waals surface area contributed by atoms with Crippen LogP contribution in [0.3, 0.4) is 0 Å². The second-order valence-corrected chi connectivity index (χ2v) is 10.4. The van der Waals surface area contributed by atoms with Gasteiger partial charge in [0.05, 0.1) is 16.6 Å². The number of para-hydroxylation sites is 2. The Morgan fingerprint density at radius 1 is 0.969 bits per heavy atom. The highest BCUT2D eigenvalue weighted by atomic mass is 32.2. The molecule has 32 heavy (non-hydrogen) atoms. The van der Waals surface area contributed by atoms with Crippen molar-refractivity contribution in [1.82, 2.24) is 0 Å². The monoisotopic (exact) mass is 460 g/mol. The molecule has 1 saturated carbocycles. The summed E-state index contributed by atoms with van der Waals surface area (Å²) in [5.74, 6) is 0.371. The van der Waals surface area contributed by atoms with Gasteiger partial charge in [0.25, 0.3) is 0 Å². The summed E-state index contributed by atoms with van der Waals surface area (Å²) < 4.78 is 0. The van der Waals surface area contributed by atoms with E-state index < -0.39 is 0 Å². The molecule has 0 aromatic heterocycles. The standard InChI is InChI=1S/C26H24N2O2S2/c1-2-22(31-19-15-13-18(14-16-19)27-25(29)17-11-12-17)26(30)28-20-7-3-5-9-23(20)32-24-10-6-4-8-21(24)28/h3-10,13-17,22H,2,11-12H2,1H3,(H,27,29). The number of amides is 2. The molecule has 1 N–H and O–H groups in total. The molecule has 2 amide bonds. The van der Waals surface area contributed by atoms with Gasteiger partial charge in [-0.15, -0.1) is 11.8 Å². The third kappa shape index (κ3) is 4.30. The van der Waals surface area contributed by atoms with Gasteiger partial charge in [-0.1, -0.05) is 43.0 Å². The molecule has 1 aliphatic heterocycles. The lowest BCUT2D eigenvalue weighted by molar-refractivity contribution is -0.118. The molecule has 4 nitrogen and oxygen atoms in total. The van der Waals surface area contributed by atoms with Crippen molar-refractivity contribution in [1.29, 1.82) is 0 Å². The molecule has 1 heterocycles. The normalized spacial score (nSPS) is 15.5. The number of thioether (sulfide) groups is 1. The van der Waals surface area contributed by atoms with Crippen molar-refractivity contribution in [3.8, 4) is 0 Å². The quantitative estimate of drug-likeness (QED) is 0.414. The van der Waals surface area contributed by atoms with Gasteiger partial charge in [0.2, 0.25) is 11.8 Å². The number of carbonyl (C=O) groups is 2. The first-order valence-corrected chi connectivity index (χ1v) is 12.6. The van der Waals surface area contributed by atoms with Crippen LogP contribution >= 0.6 is 23.5 Å². The lowest BCUT2D eigenvalue weighted by Crippen LogP contribution is -2.35. The minimum Gasteiger partial charge on any atom is -0.326 e. The van der Waals surface area contributed by atoms with E-state index >= 15 is 0 Å². The van der Waals surface area contributed by atoms with Crippen molar-refractivity contribution in [2.24, 2.45) is 5.92 Å².